The molecular weight excluding hydrogens is 308 g/mol. The number of nitrogens with zero attached hydrogens (tertiary/aromatic N) is 2. The van der Waals surface area contributed by atoms with Gasteiger partial charge in [-0.25, -0.2) is 0 Å². The third-order valence-corrected chi connectivity index (χ3v) is 3.91. The molecule has 0 spiro atoms. The molecule has 0 aliphatic carbocycles. The quantitative estimate of drug-likeness (QED) is 0.493. The number of oxime groups is 1. The van der Waals surface area contributed by atoms with Gasteiger partial charge in [0.1, 0.15) is 5.71 Å². The largest absolute Gasteiger partial charge is 0.378 e. The van der Waals surface area contributed by atoms with Gasteiger partial charge < -0.3 is 14.5 Å². The fourth-order valence-corrected chi connectivity index (χ4v) is 2.57. The van der Waals surface area contributed by atoms with E-state index in [1.165, 1.54) is 0 Å². The summed E-state index contributed by atoms with van der Waals surface area (Å²) < 4.78 is 5.32. The molecule has 23 heavy (non-hydrogen) atoms. The lowest BCUT2D eigenvalue weighted by Crippen LogP contribution is -2.40. The van der Waals surface area contributed by atoms with Crippen LogP contribution in [0.4, 0.5) is 0 Å². The molecule has 0 unspecified atom stereocenters. The molecule has 2 aromatic rings. The molecular formula is C18H18N2O2S. The minimum atomic E-state index is 0.387. The van der Waals surface area contributed by atoms with Crippen molar-refractivity contribution in [1.29, 1.82) is 0 Å². The van der Waals surface area contributed by atoms with Crippen LogP contribution in [0.3, 0.4) is 0 Å². The molecule has 0 amide bonds. The lowest BCUT2D eigenvalue weighted by Gasteiger charge is -2.26. The van der Waals surface area contributed by atoms with Gasteiger partial charge in [-0.3, -0.25) is 0 Å². The van der Waals surface area contributed by atoms with Crippen molar-refractivity contribution in [2.45, 2.75) is 0 Å². The van der Waals surface area contributed by atoms with E-state index in [1.54, 1.807) is 0 Å². The van der Waals surface area contributed by atoms with Crippen molar-refractivity contribution in [2.75, 3.05) is 26.3 Å². The third-order valence-electron chi connectivity index (χ3n) is 3.58. The number of ether oxygens (including phenoxy) is 1. The Labute approximate surface area is 141 Å². The zero-order chi connectivity index (χ0) is 15.9. The second-order valence-electron chi connectivity index (χ2n) is 5.13. The van der Waals surface area contributed by atoms with Crippen molar-refractivity contribution in [1.82, 2.24) is 4.90 Å². The zero-order valence-electron chi connectivity index (χ0n) is 12.7. The highest BCUT2D eigenvalue weighted by Gasteiger charge is 2.16. The Balaban J connectivity index is 1.82. The van der Waals surface area contributed by atoms with Crippen LogP contribution in [0.5, 0.6) is 0 Å². The monoisotopic (exact) mass is 326 g/mol. The summed E-state index contributed by atoms with van der Waals surface area (Å²) in [4.78, 5) is 7.51. The maximum Gasteiger partial charge on any atom is 0.292 e. The predicted octanol–water partition coefficient (Wildman–Crippen LogP) is 3.07. The molecule has 118 valence electrons. The molecule has 1 fully saturated rings. The number of benzene rings is 2. The van der Waals surface area contributed by atoms with E-state index in [2.05, 4.69) is 5.16 Å². The van der Waals surface area contributed by atoms with Crippen LogP contribution < -0.4 is 0 Å². The molecule has 0 atom stereocenters. The van der Waals surface area contributed by atoms with Gasteiger partial charge in [0, 0.05) is 24.2 Å². The maximum absolute atomic E-state index is 5.54. The highest BCUT2D eigenvalue weighted by molar-refractivity contribution is 7.80. The Morgan fingerprint density at radius 3 is 1.96 bits per heavy atom. The summed E-state index contributed by atoms with van der Waals surface area (Å²) in [5.74, 6) is 0. The van der Waals surface area contributed by atoms with E-state index in [0.717, 1.165) is 29.9 Å². The van der Waals surface area contributed by atoms with Gasteiger partial charge in [-0.2, -0.15) is 0 Å². The fraction of sp³-hybridized carbons (Fsp3) is 0.222. The summed E-state index contributed by atoms with van der Waals surface area (Å²) in [5, 5.41) is 4.72. The second-order valence-corrected chi connectivity index (χ2v) is 5.48. The lowest BCUT2D eigenvalue weighted by atomic mass is 10.0. The molecule has 0 bridgehead atoms. The molecule has 0 N–H and O–H groups in total. The number of hydrogen-bond donors (Lipinski definition) is 0. The van der Waals surface area contributed by atoms with E-state index in [0.29, 0.717) is 18.4 Å². The summed E-state index contributed by atoms with van der Waals surface area (Å²) >= 11 is 5.33. The van der Waals surface area contributed by atoms with Gasteiger partial charge in [0.05, 0.1) is 13.2 Å². The first kappa shape index (κ1) is 15.6. The van der Waals surface area contributed by atoms with E-state index in [9.17, 15) is 0 Å². The maximum atomic E-state index is 5.54. The van der Waals surface area contributed by atoms with Crippen LogP contribution in [-0.4, -0.2) is 42.1 Å². The highest BCUT2D eigenvalue weighted by Crippen LogP contribution is 2.12. The van der Waals surface area contributed by atoms with Crippen LogP contribution in [0.1, 0.15) is 11.1 Å². The molecule has 0 radical (unpaired) electrons. The van der Waals surface area contributed by atoms with Crippen LogP contribution in [-0.2, 0) is 9.57 Å². The average molecular weight is 326 g/mol. The van der Waals surface area contributed by atoms with Crippen LogP contribution in [0, 0.1) is 0 Å². The van der Waals surface area contributed by atoms with Gasteiger partial charge in [0.15, 0.2) is 0 Å². The number of thiocarbonyl (C=S) groups is 1. The Kier molecular flexibility index (Phi) is 5.34. The number of morpholine rings is 1. The Hall–Kier alpha value is -2.24. The highest BCUT2D eigenvalue weighted by atomic mass is 32.1. The zero-order valence-corrected chi connectivity index (χ0v) is 13.5. The van der Waals surface area contributed by atoms with Crippen molar-refractivity contribution in [3.8, 4) is 0 Å². The Morgan fingerprint density at radius 2 is 1.43 bits per heavy atom. The number of rotatable bonds is 3. The molecule has 0 aromatic heterocycles. The predicted molar refractivity (Wildman–Crippen MR) is 94.6 cm³/mol. The molecule has 2 aromatic carbocycles. The fourth-order valence-electron chi connectivity index (χ4n) is 2.35. The van der Waals surface area contributed by atoms with Crippen molar-refractivity contribution in [3.05, 3.63) is 71.8 Å². The Bertz CT molecular complexity index is 626. The number of hydrogen-bond acceptors (Lipinski definition) is 4. The summed E-state index contributed by atoms with van der Waals surface area (Å²) in [6.07, 6.45) is 0. The van der Waals surface area contributed by atoms with Gasteiger partial charge in [0.25, 0.3) is 5.17 Å². The van der Waals surface area contributed by atoms with E-state index in [1.807, 2.05) is 65.6 Å². The average Bonchev–Trinajstić information content (AvgIpc) is 2.64. The van der Waals surface area contributed by atoms with Crippen LogP contribution in [0.15, 0.2) is 65.8 Å². The first-order valence-corrected chi connectivity index (χ1v) is 7.98. The van der Waals surface area contributed by atoms with E-state index in [-0.39, 0.29) is 0 Å². The normalized spacial score (nSPS) is 14.2. The summed E-state index contributed by atoms with van der Waals surface area (Å²) in [7, 11) is 0. The summed E-state index contributed by atoms with van der Waals surface area (Å²) in [5.41, 5.74) is 2.74. The van der Waals surface area contributed by atoms with Gasteiger partial charge >= 0.3 is 0 Å². The molecule has 1 saturated heterocycles. The van der Waals surface area contributed by atoms with Crippen LogP contribution >= 0.6 is 12.2 Å². The van der Waals surface area contributed by atoms with Crippen molar-refractivity contribution in [3.63, 3.8) is 0 Å². The summed E-state index contributed by atoms with van der Waals surface area (Å²) in [6.45, 7) is 2.80. The van der Waals surface area contributed by atoms with Crippen LogP contribution in [0.25, 0.3) is 0 Å². The van der Waals surface area contributed by atoms with Gasteiger partial charge in [-0.05, 0) is 12.2 Å². The second kappa shape index (κ2) is 7.85. The van der Waals surface area contributed by atoms with Crippen molar-refractivity contribution >= 4 is 23.1 Å². The first-order valence-electron chi connectivity index (χ1n) is 7.57. The van der Waals surface area contributed by atoms with Gasteiger partial charge in [-0.1, -0.05) is 65.8 Å². The van der Waals surface area contributed by atoms with E-state index < -0.39 is 0 Å². The Morgan fingerprint density at radius 1 is 0.913 bits per heavy atom. The summed E-state index contributed by atoms with van der Waals surface area (Å²) in [6, 6.07) is 19.9. The molecule has 1 aliphatic heterocycles. The smallest absolute Gasteiger partial charge is 0.292 e. The topological polar surface area (TPSA) is 34.1 Å². The minimum Gasteiger partial charge on any atom is -0.378 e. The standard InChI is InChI=1S/C18H18N2O2S/c23-18(20-11-13-21-14-12-20)22-19-17(15-7-3-1-4-8-15)16-9-5-2-6-10-16/h1-10H,11-14H2. The van der Waals surface area contributed by atoms with Gasteiger partial charge in [0.2, 0.25) is 0 Å². The van der Waals surface area contributed by atoms with E-state index >= 15 is 0 Å². The third kappa shape index (κ3) is 4.15. The minimum absolute atomic E-state index is 0.387. The molecule has 3 rings (SSSR count). The molecule has 1 aliphatic rings. The van der Waals surface area contributed by atoms with E-state index in [4.69, 9.17) is 21.8 Å². The lowest BCUT2D eigenvalue weighted by molar-refractivity contribution is 0.0578. The molecule has 1 heterocycles. The molecule has 5 heteroatoms. The van der Waals surface area contributed by atoms with Gasteiger partial charge in [-0.15, -0.1) is 0 Å². The SMILES string of the molecule is S=C(ON=C(c1ccccc1)c1ccccc1)N1CCOCC1. The van der Waals surface area contributed by atoms with Crippen molar-refractivity contribution < 1.29 is 9.57 Å². The van der Waals surface area contributed by atoms with Crippen LogP contribution in [0.2, 0.25) is 0 Å². The first-order chi connectivity index (χ1) is 11.3. The molecule has 0 saturated carbocycles. The van der Waals surface area contributed by atoms with Crippen molar-refractivity contribution in [2.24, 2.45) is 5.16 Å². The molecule has 4 nitrogen and oxygen atoms in total.